The van der Waals surface area contributed by atoms with E-state index in [1.807, 2.05) is 6.20 Å². The third-order valence-electron chi connectivity index (χ3n) is 3.65. The van der Waals surface area contributed by atoms with Crippen molar-refractivity contribution in [1.29, 1.82) is 0 Å². The summed E-state index contributed by atoms with van der Waals surface area (Å²) in [4.78, 5) is 8.44. The molecule has 1 unspecified atom stereocenters. The summed E-state index contributed by atoms with van der Waals surface area (Å²) in [5.41, 5.74) is 1.03. The summed E-state index contributed by atoms with van der Waals surface area (Å²) in [5.74, 6) is 0.846. The molecule has 1 saturated carbocycles. The average molecular weight is 219 g/mol. The quantitative estimate of drug-likeness (QED) is 0.846. The minimum Gasteiger partial charge on any atom is -0.306 e. The van der Waals surface area contributed by atoms with Crippen LogP contribution in [-0.4, -0.2) is 16.0 Å². The van der Waals surface area contributed by atoms with Crippen LogP contribution in [0.15, 0.2) is 18.6 Å². The number of hydrogen-bond donors (Lipinski definition) is 1. The number of nitrogens with zero attached hydrogens (tertiary/aromatic N) is 2. The highest BCUT2D eigenvalue weighted by Gasteiger charge is 2.22. The molecule has 2 rings (SSSR count). The maximum atomic E-state index is 4.33. The highest BCUT2D eigenvalue weighted by atomic mass is 15.0. The Kier molecular flexibility index (Phi) is 3.88. The van der Waals surface area contributed by atoms with E-state index in [1.54, 1.807) is 12.4 Å². The largest absolute Gasteiger partial charge is 0.306 e. The van der Waals surface area contributed by atoms with E-state index in [1.165, 1.54) is 25.7 Å². The Balaban J connectivity index is 1.89. The number of aromatic nitrogens is 2. The molecule has 2 atom stereocenters. The van der Waals surface area contributed by atoms with Crippen LogP contribution >= 0.6 is 0 Å². The van der Waals surface area contributed by atoms with Gasteiger partial charge in [0.05, 0.1) is 5.69 Å². The van der Waals surface area contributed by atoms with Gasteiger partial charge in [-0.15, -0.1) is 0 Å². The molecule has 1 aliphatic rings. The Morgan fingerprint density at radius 2 is 2.00 bits per heavy atom. The monoisotopic (exact) mass is 219 g/mol. The van der Waals surface area contributed by atoms with E-state index in [4.69, 9.17) is 0 Å². The second-order valence-corrected chi connectivity index (χ2v) is 4.85. The Morgan fingerprint density at radius 1 is 1.25 bits per heavy atom. The van der Waals surface area contributed by atoms with Gasteiger partial charge in [0, 0.05) is 30.7 Å². The molecule has 16 heavy (non-hydrogen) atoms. The molecule has 1 heterocycles. The van der Waals surface area contributed by atoms with E-state index in [2.05, 4.69) is 29.1 Å². The molecule has 0 saturated heterocycles. The van der Waals surface area contributed by atoms with Crippen LogP contribution in [0.1, 0.15) is 51.3 Å². The molecule has 0 radical (unpaired) electrons. The van der Waals surface area contributed by atoms with Crippen LogP contribution in [0.5, 0.6) is 0 Å². The van der Waals surface area contributed by atoms with Gasteiger partial charge in [-0.1, -0.05) is 12.8 Å². The second kappa shape index (κ2) is 5.39. The molecule has 0 spiro atoms. The van der Waals surface area contributed by atoms with Gasteiger partial charge >= 0.3 is 0 Å². The van der Waals surface area contributed by atoms with Crippen LogP contribution in [0.25, 0.3) is 0 Å². The van der Waals surface area contributed by atoms with Crippen LogP contribution in [0.3, 0.4) is 0 Å². The van der Waals surface area contributed by atoms with Crippen LogP contribution in [-0.2, 0) is 0 Å². The van der Waals surface area contributed by atoms with Gasteiger partial charge in [-0.05, 0) is 32.6 Å². The van der Waals surface area contributed by atoms with Gasteiger partial charge in [0.1, 0.15) is 0 Å². The highest BCUT2D eigenvalue weighted by molar-refractivity contribution is 5.01. The van der Waals surface area contributed by atoms with Crippen LogP contribution in [0, 0.1) is 5.92 Å². The molecule has 1 aromatic rings. The minimum atomic E-state index is 0.296. The van der Waals surface area contributed by atoms with Crippen molar-refractivity contribution in [1.82, 2.24) is 15.3 Å². The van der Waals surface area contributed by atoms with E-state index in [0.29, 0.717) is 12.1 Å². The topological polar surface area (TPSA) is 37.8 Å². The van der Waals surface area contributed by atoms with Crippen molar-refractivity contribution in [3.63, 3.8) is 0 Å². The first kappa shape index (κ1) is 11.5. The summed E-state index contributed by atoms with van der Waals surface area (Å²) >= 11 is 0. The zero-order valence-electron chi connectivity index (χ0n) is 10.2. The average Bonchev–Trinajstić information content (AvgIpc) is 2.83. The molecule has 0 amide bonds. The first-order chi connectivity index (χ1) is 7.77. The van der Waals surface area contributed by atoms with Crippen LogP contribution in [0.2, 0.25) is 0 Å². The molecule has 1 aliphatic carbocycles. The Hall–Kier alpha value is -0.960. The molecule has 3 nitrogen and oxygen atoms in total. The zero-order valence-corrected chi connectivity index (χ0v) is 10.2. The van der Waals surface area contributed by atoms with Crippen molar-refractivity contribution in [2.45, 2.75) is 51.6 Å². The molecular formula is C13H21N3. The summed E-state index contributed by atoms with van der Waals surface area (Å²) in [7, 11) is 0. The third-order valence-corrected chi connectivity index (χ3v) is 3.65. The van der Waals surface area contributed by atoms with E-state index in [9.17, 15) is 0 Å². The van der Waals surface area contributed by atoms with Gasteiger partial charge in [0.2, 0.25) is 0 Å². The van der Waals surface area contributed by atoms with Crippen molar-refractivity contribution in [2.75, 3.05) is 0 Å². The third kappa shape index (κ3) is 2.79. The summed E-state index contributed by atoms with van der Waals surface area (Å²) in [5, 5.41) is 3.64. The number of hydrogen-bond acceptors (Lipinski definition) is 3. The molecule has 1 N–H and O–H groups in total. The van der Waals surface area contributed by atoms with Gasteiger partial charge in [-0.25, -0.2) is 0 Å². The first-order valence-electron chi connectivity index (χ1n) is 6.29. The predicted octanol–water partition coefficient (Wildman–Crippen LogP) is 2.71. The lowest BCUT2D eigenvalue weighted by molar-refractivity contribution is 0.349. The Bertz CT molecular complexity index is 306. The standard InChI is InChI=1S/C13H21N3/c1-10(12-5-3-4-6-12)16-11(2)13-9-14-7-8-15-13/h7-12,16H,3-6H2,1-2H3/t10-,11?/m1/s1. The van der Waals surface area contributed by atoms with Gasteiger partial charge < -0.3 is 5.32 Å². The van der Waals surface area contributed by atoms with Gasteiger partial charge in [-0.3, -0.25) is 9.97 Å². The lowest BCUT2D eigenvalue weighted by Gasteiger charge is -2.24. The number of rotatable bonds is 4. The lowest BCUT2D eigenvalue weighted by atomic mass is 9.99. The van der Waals surface area contributed by atoms with Crippen molar-refractivity contribution < 1.29 is 0 Å². The summed E-state index contributed by atoms with van der Waals surface area (Å²) in [6, 6.07) is 0.879. The first-order valence-corrected chi connectivity index (χ1v) is 6.29. The maximum Gasteiger partial charge on any atom is 0.0753 e. The molecule has 0 aliphatic heterocycles. The Morgan fingerprint density at radius 3 is 2.62 bits per heavy atom. The highest BCUT2D eigenvalue weighted by Crippen LogP contribution is 2.28. The maximum absolute atomic E-state index is 4.33. The van der Waals surface area contributed by atoms with Gasteiger partial charge in [0.15, 0.2) is 0 Å². The minimum absolute atomic E-state index is 0.296. The van der Waals surface area contributed by atoms with E-state index in [0.717, 1.165) is 11.6 Å². The molecule has 1 aromatic heterocycles. The van der Waals surface area contributed by atoms with E-state index in [-0.39, 0.29) is 0 Å². The predicted molar refractivity (Wildman–Crippen MR) is 65.0 cm³/mol. The smallest absolute Gasteiger partial charge is 0.0753 e. The summed E-state index contributed by atoms with van der Waals surface area (Å²) < 4.78 is 0. The molecule has 88 valence electrons. The van der Waals surface area contributed by atoms with Crippen molar-refractivity contribution >= 4 is 0 Å². The molecular weight excluding hydrogens is 198 g/mol. The lowest BCUT2D eigenvalue weighted by Crippen LogP contribution is -2.34. The molecule has 3 heteroatoms. The van der Waals surface area contributed by atoms with E-state index < -0.39 is 0 Å². The fourth-order valence-electron chi connectivity index (χ4n) is 2.61. The summed E-state index contributed by atoms with van der Waals surface area (Å²) in [6.07, 6.45) is 10.9. The number of nitrogens with one attached hydrogen (secondary N) is 1. The molecule has 0 bridgehead atoms. The van der Waals surface area contributed by atoms with Crippen molar-refractivity contribution in [3.05, 3.63) is 24.3 Å². The molecule has 1 fully saturated rings. The van der Waals surface area contributed by atoms with E-state index >= 15 is 0 Å². The normalized spacial score (nSPS) is 20.9. The van der Waals surface area contributed by atoms with Crippen LogP contribution in [0.4, 0.5) is 0 Å². The fraction of sp³-hybridized carbons (Fsp3) is 0.692. The Labute approximate surface area is 97.7 Å². The van der Waals surface area contributed by atoms with Gasteiger partial charge in [0.25, 0.3) is 0 Å². The second-order valence-electron chi connectivity index (χ2n) is 4.85. The van der Waals surface area contributed by atoms with Crippen LogP contribution < -0.4 is 5.32 Å². The zero-order chi connectivity index (χ0) is 11.4. The van der Waals surface area contributed by atoms with Crippen molar-refractivity contribution in [3.8, 4) is 0 Å². The van der Waals surface area contributed by atoms with Crippen molar-refractivity contribution in [2.24, 2.45) is 5.92 Å². The van der Waals surface area contributed by atoms with Gasteiger partial charge in [-0.2, -0.15) is 0 Å². The fourth-order valence-corrected chi connectivity index (χ4v) is 2.61. The SMILES string of the molecule is CC(N[C@H](C)C1CCCC1)c1cnccn1. The summed E-state index contributed by atoms with van der Waals surface area (Å²) in [6.45, 7) is 4.46. The molecule has 0 aromatic carbocycles.